The van der Waals surface area contributed by atoms with Gasteiger partial charge in [0.15, 0.2) is 26.5 Å². The maximum atomic E-state index is 12.0. The van der Waals surface area contributed by atoms with Crippen molar-refractivity contribution in [2.75, 3.05) is 29.0 Å². The number of amidine groups is 1. The van der Waals surface area contributed by atoms with Crippen LogP contribution in [0.1, 0.15) is 0 Å². The Bertz CT molecular complexity index is 791. The molecule has 1 saturated heterocycles. The van der Waals surface area contributed by atoms with Crippen molar-refractivity contribution in [3.8, 4) is 11.5 Å². The molecule has 23 heavy (non-hydrogen) atoms. The second-order valence-electron chi connectivity index (χ2n) is 5.63. The number of aliphatic imine (C=N–C) groups is 1. The minimum Gasteiger partial charge on any atom is -0.454 e. The van der Waals surface area contributed by atoms with Crippen LogP contribution in [0.2, 0.25) is 0 Å². The highest BCUT2D eigenvalue weighted by Gasteiger charge is 2.47. The molecule has 0 saturated carbocycles. The number of hydrogen-bond acceptors (Lipinski definition) is 7. The van der Waals surface area contributed by atoms with Gasteiger partial charge in [-0.15, -0.1) is 6.58 Å². The number of rotatable bonds is 3. The molecule has 0 aromatic heterocycles. The normalized spacial score (nSPS) is 27.0. The summed E-state index contributed by atoms with van der Waals surface area (Å²) in [6.07, 6.45) is 1.82. The third-order valence-corrected chi connectivity index (χ3v) is 6.73. The number of benzene rings is 1. The summed E-state index contributed by atoms with van der Waals surface area (Å²) in [5.74, 6) is 2.37. The first kappa shape index (κ1) is 14.9. The quantitative estimate of drug-likeness (QED) is 0.771. The van der Waals surface area contributed by atoms with Crippen LogP contribution in [0.25, 0.3) is 0 Å². The molecule has 0 aliphatic carbocycles. The summed E-state index contributed by atoms with van der Waals surface area (Å²) in [7, 11) is -3.04. The first-order chi connectivity index (χ1) is 11.1. The number of fused-ring (bicyclic) bond motifs is 2. The summed E-state index contributed by atoms with van der Waals surface area (Å²) in [4.78, 5) is 6.66. The van der Waals surface area contributed by atoms with Gasteiger partial charge in [0.25, 0.3) is 0 Å². The second kappa shape index (κ2) is 5.45. The summed E-state index contributed by atoms with van der Waals surface area (Å²) in [5, 5.41) is 0.841. The van der Waals surface area contributed by atoms with Crippen molar-refractivity contribution in [2.45, 2.75) is 12.1 Å². The van der Waals surface area contributed by atoms with Gasteiger partial charge in [-0.25, -0.2) is 8.42 Å². The van der Waals surface area contributed by atoms with Crippen LogP contribution in [-0.4, -0.2) is 49.7 Å². The van der Waals surface area contributed by atoms with E-state index in [-0.39, 0.29) is 30.4 Å². The SMILES string of the molecule is C=CCSC1=NC2CS(=O)(=O)CC2N1c1ccc2c(c1)OCO2. The topological polar surface area (TPSA) is 68.2 Å². The molecule has 0 N–H and O–H groups in total. The van der Waals surface area contributed by atoms with Gasteiger partial charge in [-0.1, -0.05) is 17.8 Å². The number of sulfone groups is 1. The maximum absolute atomic E-state index is 12.0. The van der Waals surface area contributed by atoms with Crippen molar-refractivity contribution in [1.82, 2.24) is 0 Å². The third kappa shape index (κ3) is 2.59. The standard InChI is InChI=1S/C15H16N2O4S2/c1-2-5-22-15-16-11-7-23(18,19)8-12(11)17(15)10-3-4-13-14(6-10)21-9-20-13/h2-4,6,11-12H,1,5,7-9H2. The molecule has 3 heterocycles. The van der Waals surface area contributed by atoms with Crippen LogP contribution >= 0.6 is 11.8 Å². The molecule has 3 aliphatic heterocycles. The zero-order valence-electron chi connectivity index (χ0n) is 12.3. The van der Waals surface area contributed by atoms with Gasteiger partial charge in [-0.2, -0.15) is 0 Å². The van der Waals surface area contributed by atoms with E-state index in [1.165, 1.54) is 0 Å². The molecule has 2 atom stereocenters. The summed E-state index contributed by atoms with van der Waals surface area (Å²) in [5.41, 5.74) is 0.883. The van der Waals surface area contributed by atoms with Crippen LogP contribution < -0.4 is 14.4 Å². The molecule has 2 unspecified atom stereocenters. The van der Waals surface area contributed by atoms with Gasteiger partial charge in [0.2, 0.25) is 6.79 Å². The lowest BCUT2D eigenvalue weighted by Crippen LogP contribution is -2.39. The highest BCUT2D eigenvalue weighted by atomic mass is 32.2. The molecule has 1 aromatic carbocycles. The monoisotopic (exact) mass is 352 g/mol. The van der Waals surface area contributed by atoms with Crippen LogP contribution in [0.3, 0.4) is 0 Å². The van der Waals surface area contributed by atoms with Crippen molar-refractivity contribution in [3.05, 3.63) is 30.9 Å². The van der Waals surface area contributed by atoms with E-state index in [1.54, 1.807) is 11.8 Å². The fraction of sp³-hybridized carbons (Fsp3) is 0.400. The Morgan fingerprint density at radius 2 is 2.17 bits per heavy atom. The lowest BCUT2D eigenvalue weighted by molar-refractivity contribution is 0.174. The van der Waals surface area contributed by atoms with Gasteiger partial charge in [0, 0.05) is 17.5 Å². The molecule has 0 bridgehead atoms. The molecule has 4 rings (SSSR count). The van der Waals surface area contributed by atoms with Gasteiger partial charge in [0.1, 0.15) is 0 Å². The first-order valence-corrected chi connectivity index (χ1v) is 10.1. The average Bonchev–Trinajstić information content (AvgIpc) is 3.15. The van der Waals surface area contributed by atoms with Crippen molar-refractivity contribution < 1.29 is 17.9 Å². The van der Waals surface area contributed by atoms with Crippen LogP contribution in [0.4, 0.5) is 5.69 Å². The molecule has 1 aromatic rings. The molecule has 0 amide bonds. The second-order valence-corrected chi connectivity index (χ2v) is 8.77. The maximum Gasteiger partial charge on any atom is 0.231 e. The molecular formula is C15H16N2O4S2. The Balaban J connectivity index is 1.71. The Hall–Kier alpha value is -1.67. The summed E-state index contributed by atoms with van der Waals surface area (Å²) < 4.78 is 34.7. The Morgan fingerprint density at radius 3 is 3.00 bits per heavy atom. The molecule has 3 aliphatic rings. The third-order valence-electron chi connectivity index (χ3n) is 4.07. The lowest BCUT2D eigenvalue weighted by Gasteiger charge is -2.26. The molecule has 0 radical (unpaired) electrons. The fourth-order valence-corrected chi connectivity index (χ4v) is 5.81. The van der Waals surface area contributed by atoms with Crippen LogP contribution in [0.15, 0.2) is 35.8 Å². The highest BCUT2D eigenvalue weighted by molar-refractivity contribution is 8.14. The van der Waals surface area contributed by atoms with E-state index in [0.29, 0.717) is 11.5 Å². The predicted molar refractivity (Wildman–Crippen MR) is 91.4 cm³/mol. The van der Waals surface area contributed by atoms with Crippen LogP contribution in [0.5, 0.6) is 11.5 Å². The molecule has 1 fully saturated rings. The number of hydrogen-bond donors (Lipinski definition) is 0. The number of thioether (sulfide) groups is 1. The Kier molecular flexibility index (Phi) is 3.53. The predicted octanol–water partition coefficient (Wildman–Crippen LogP) is 1.68. The van der Waals surface area contributed by atoms with E-state index < -0.39 is 9.84 Å². The van der Waals surface area contributed by atoms with E-state index in [0.717, 1.165) is 16.6 Å². The summed E-state index contributed by atoms with van der Waals surface area (Å²) in [6.45, 7) is 3.95. The molecule has 0 spiro atoms. The van der Waals surface area contributed by atoms with Crippen LogP contribution in [0, 0.1) is 0 Å². The molecule has 122 valence electrons. The minimum atomic E-state index is -3.04. The Morgan fingerprint density at radius 1 is 1.35 bits per heavy atom. The number of nitrogens with zero attached hydrogens (tertiary/aromatic N) is 2. The van der Waals surface area contributed by atoms with E-state index in [1.807, 2.05) is 29.2 Å². The van der Waals surface area contributed by atoms with Gasteiger partial charge in [-0.05, 0) is 12.1 Å². The van der Waals surface area contributed by atoms with Crippen molar-refractivity contribution in [2.24, 2.45) is 4.99 Å². The number of anilines is 1. The zero-order valence-corrected chi connectivity index (χ0v) is 14.0. The largest absolute Gasteiger partial charge is 0.454 e. The van der Waals surface area contributed by atoms with Gasteiger partial charge < -0.3 is 14.4 Å². The number of ether oxygens (including phenoxy) is 2. The molecule has 6 nitrogen and oxygen atoms in total. The summed E-state index contributed by atoms with van der Waals surface area (Å²) >= 11 is 1.57. The molecule has 8 heteroatoms. The lowest BCUT2D eigenvalue weighted by atomic mass is 10.1. The smallest absolute Gasteiger partial charge is 0.231 e. The minimum absolute atomic E-state index is 0.122. The van der Waals surface area contributed by atoms with Gasteiger partial charge >= 0.3 is 0 Å². The first-order valence-electron chi connectivity index (χ1n) is 7.28. The summed E-state index contributed by atoms with van der Waals surface area (Å²) in [6, 6.07) is 5.32. The fourth-order valence-electron chi connectivity index (χ4n) is 3.10. The zero-order chi connectivity index (χ0) is 16.0. The molecular weight excluding hydrogens is 336 g/mol. The van der Waals surface area contributed by atoms with Crippen molar-refractivity contribution in [3.63, 3.8) is 0 Å². The average molecular weight is 352 g/mol. The van der Waals surface area contributed by atoms with E-state index in [2.05, 4.69) is 11.6 Å². The van der Waals surface area contributed by atoms with E-state index in [4.69, 9.17) is 9.47 Å². The van der Waals surface area contributed by atoms with Gasteiger partial charge in [0.05, 0.1) is 23.6 Å². The Labute approximate surface area is 139 Å². The van der Waals surface area contributed by atoms with E-state index >= 15 is 0 Å². The van der Waals surface area contributed by atoms with Crippen molar-refractivity contribution >= 4 is 32.5 Å². The van der Waals surface area contributed by atoms with Gasteiger partial charge in [-0.3, -0.25) is 4.99 Å². The van der Waals surface area contributed by atoms with Crippen LogP contribution in [-0.2, 0) is 9.84 Å². The highest BCUT2D eigenvalue weighted by Crippen LogP contribution is 2.40. The van der Waals surface area contributed by atoms with Crippen molar-refractivity contribution in [1.29, 1.82) is 0 Å². The van der Waals surface area contributed by atoms with E-state index in [9.17, 15) is 8.42 Å².